The standard InChI is InChI=1S/C12H16N2O4/c15-11(16)7-10(12(17)18)8-14-6-3-9-1-4-13-5-2-9/h1-2,4-5,10,14H,3,6-8H2,(H,15,16)(H,17,18). The first kappa shape index (κ1) is 14.1. The topological polar surface area (TPSA) is 99.5 Å². The van der Waals surface area contributed by atoms with Crippen molar-refractivity contribution in [2.45, 2.75) is 12.8 Å². The molecule has 0 fully saturated rings. The van der Waals surface area contributed by atoms with Crippen molar-refractivity contribution in [3.05, 3.63) is 30.1 Å². The predicted octanol–water partition coefficient (Wildman–Crippen LogP) is 0.389. The third-order valence-corrected chi connectivity index (χ3v) is 2.50. The van der Waals surface area contributed by atoms with Gasteiger partial charge >= 0.3 is 11.9 Å². The molecular formula is C12H16N2O4. The Morgan fingerprint density at radius 1 is 1.28 bits per heavy atom. The molecule has 0 aliphatic heterocycles. The summed E-state index contributed by atoms with van der Waals surface area (Å²) in [6.07, 6.45) is 3.78. The molecule has 1 rings (SSSR count). The summed E-state index contributed by atoms with van der Waals surface area (Å²) in [6.45, 7) is 0.764. The lowest BCUT2D eigenvalue weighted by Crippen LogP contribution is -2.31. The van der Waals surface area contributed by atoms with Gasteiger partial charge in [-0.25, -0.2) is 0 Å². The Labute approximate surface area is 105 Å². The van der Waals surface area contributed by atoms with Crippen LogP contribution in [0.4, 0.5) is 0 Å². The Balaban J connectivity index is 2.27. The summed E-state index contributed by atoms with van der Waals surface area (Å²) >= 11 is 0. The smallest absolute Gasteiger partial charge is 0.308 e. The van der Waals surface area contributed by atoms with Crippen molar-refractivity contribution in [1.29, 1.82) is 0 Å². The first-order valence-electron chi connectivity index (χ1n) is 5.64. The quantitative estimate of drug-likeness (QED) is 0.579. The van der Waals surface area contributed by atoms with Gasteiger partial charge in [0.05, 0.1) is 12.3 Å². The van der Waals surface area contributed by atoms with Crippen LogP contribution in [0, 0.1) is 5.92 Å². The average Bonchev–Trinajstić information content (AvgIpc) is 2.33. The molecule has 6 nitrogen and oxygen atoms in total. The minimum atomic E-state index is -1.10. The molecule has 18 heavy (non-hydrogen) atoms. The van der Waals surface area contributed by atoms with E-state index in [1.54, 1.807) is 12.4 Å². The van der Waals surface area contributed by atoms with Crippen LogP contribution in [-0.2, 0) is 16.0 Å². The summed E-state index contributed by atoms with van der Waals surface area (Å²) in [7, 11) is 0. The lowest BCUT2D eigenvalue weighted by Gasteiger charge is -2.11. The van der Waals surface area contributed by atoms with E-state index in [1.807, 2.05) is 12.1 Å². The Bertz CT molecular complexity index is 394. The summed E-state index contributed by atoms with van der Waals surface area (Å²) in [6, 6.07) is 3.77. The molecule has 0 saturated heterocycles. The number of carbonyl (C=O) groups is 2. The second-order valence-electron chi connectivity index (χ2n) is 3.94. The largest absolute Gasteiger partial charge is 0.481 e. The highest BCUT2D eigenvalue weighted by atomic mass is 16.4. The average molecular weight is 252 g/mol. The fraction of sp³-hybridized carbons (Fsp3) is 0.417. The Morgan fingerprint density at radius 2 is 1.94 bits per heavy atom. The van der Waals surface area contributed by atoms with Crippen molar-refractivity contribution in [1.82, 2.24) is 10.3 Å². The molecule has 0 amide bonds. The van der Waals surface area contributed by atoms with Gasteiger partial charge in [-0.2, -0.15) is 0 Å². The number of pyridine rings is 1. The van der Waals surface area contributed by atoms with Gasteiger partial charge in [0.25, 0.3) is 0 Å². The minimum Gasteiger partial charge on any atom is -0.481 e. The van der Waals surface area contributed by atoms with Gasteiger partial charge in [-0.05, 0) is 30.7 Å². The van der Waals surface area contributed by atoms with Crippen LogP contribution in [0.5, 0.6) is 0 Å². The van der Waals surface area contributed by atoms with Crippen molar-refractivity contribution < 1.29 is 19.8 Å². The number of aromatic nitrogens is 1. The van der Waals surface area contributed by atoms with Crippen LogP contribution in [0.25, 0.3) is 0 Å². The van der Waals surface area contributed by atoms with E-state index in [2.05, 4.69) is 10.3 Å². The van der Waals surface area contributed by atoms with Gasteiger partial charge in [0.15, 0.2) is 0 Å². The lowest BCUT2D eigenvalue weighted by molar-refractivity contribution is -0.148. The third-order valence-electron chi connectivity index (χ3n) is 2.50. The second-order valence-corrected chi connectivity index (χ2v) is 3.94. The molecule has 1 aromatic rings. The van der Waals surface area contributed by atoms with Crippen LogP contribution in [0.3, 0.4) is 0 Å². The molecule has 1 aromatic heterocycles. The van der Waals surface area contributed by atoms with E-state index in [0.29, 0.717) is 6.54 Å². The minimum absolute atomic E-state index is 0.159. The lowest BCUT2D eigenvalue weighted by atomic mass is 10.1. The van der Waals surface area contributed by atoms with Crippen molar-refractivity contribution in [2.75, 3.05) is 13.1 Å². The SMILES string of the molecule is O=C(O)CC(CNCCc1ccncc1)C(=O)O. The molecule has 0 aliphatic rings. The van der Waals surface area contributed by atoms with Crippen molar-refractivity contribution in [2.24, 2.45) is 5.92 Å². The first-order valence-corrected chi connectivity index (χ1v) is 5.64. The van der Waals surface area contributed by atoms with E-state index in [9.17, 15) is 9.59 Å². The van der Waals surface area contributed by atoms with Gasteiger partial charge in [0, 0.05) is 18.9 Å². The number of carboxylic acids is 2. The van der Waals surface area contributed by atoms with Gasteiger partial charge < -0.3 is 15.5 Å². The zero-order valence-electron chi connectivity index (χ0n) is 9.87. The molecule has 1 unspecified atom stereocenters. The molecule has 6 heteroatoms. The number of rotatable bonds is 8. The third kappa shape index (κ3) is 5.40. The zero-order valence-corrected chi connectivity index (χ0v) is 9.87. The maximum Gasteiger partial charge on any atom is 0.308 e. The van der Waals surface area contributed by atoms with Gasteiger partial charge in [-0.1, -0.05) is 0 Å². The van der Waals surface area contributed by atoms with E-state index in [1.165, 1.54) is 0 Å². The van der Waals surface area contributed by atoms with Crippen LogP contribution in [0.2, 0.25) is 0 Å². The van der Waals surface area contributed by atoms with E-state index < -0.39 is 17.9 Å². The van der Waals surface area contributed by atoms with Gasteiger partial charge in [0.2, 0.25) is 0 Å². The fourth-order valence-corrected chi connectivity index (χ4v) is 1.52. The van der Waals surface area contributed by atoms with Crippen molar-refractivity contribution in [3.8, 4) is 0 Å². The maximum atomic E-state index is 10.8. The van der Waals surface area contributed by atoms with Crippen LogP contribution in [0.1, 0.15) is 12.0 Å². The Kier molecular flexibility index (Phi) is 5.79. The highest BCUT2D eigenvalue weighted by Gasteiger charge is 2.20. The second kappa shape index (κ2) is 7.39. The zero-order chi connectivity index (χ0) is 13.4. The number of hydrogen-bond acceptors (Lipinski definition) is 4. The van der Waals surface area contributed by atoms with Crippen LogP contribution < -0.4 is 5.32 Å². The summed E-state index contributed by atoms with van der Waals surface area (Å²) in [5.41, 5.74) is 1.10. The molecule has 0 saturated carbocycles. The molecule has 0 bridgehead atoms. The Morgan fingerprint density at radius 3 is 2.50 bits per heavy atom. The molecule has 3 N–H and O–H groups in total. The molecule has 1 atom stereocenters. The number of aliphatic carboxylic acids is 2. The van der Waals surface area contributed by atoms with E-state index in [0.717, 1.165) is 12.0 Å². The van der Waals surface area contributed by atoms with Crippen LogP contribution >= 0.6 is 0 Å². The van der Waals surface area contributed by atoms with Gasteiger partial charge in [-0.3, -0.25) is 14.6 Å². The summed E-state index contributed by atoms with van der Waals surface area (Å²) < 4.78 is 0. The van der Waals surface area contributed by atoms with Gasteiger partial charge in [0.1, 0.15) is 0 Å². The highest BCUT2D eigenvalue weighted by Crippen LogP contribution is 2.02. The molecule has 98 valence electrons. The predicted molar refractivity (Wildman–Crippen MR) is 64.2 cm³/mol. The van der Waals surface area contributed by atoms with Crippen molar-refractivity contribution in [3.63, 3.8) is 0 Å². The highest BCUT2D eigenvalue weighted by molar-refractivity contribution is 5.77. The monoisotopic (exact) mass is 252 g/mol. The number of nitrogens with one attached hydrogen (secondary N) is 1. The number of hydrogen-bond donors (Lipinski definition) is 3. The Hall–Kier alpha value is -1.95. The van der Waals surface area contributed by atoms with E-state index >= 15 is 0 Å². The molecule has 0 aliphatic carbocycles. The summed E-state index contributed by atoms with van der Waals surface area (Å²) in [5, 5.41) is 20.4. The normalized spacial score (nSPS) is 12.0. The summed E-state index contributed by atoms with van der Waals surface area (Å²) in [5.74, 6) is -3.08. The van der Waals surface area contributed by atoms with E-state index in [4.69, 9.17) is 10.2 Å². The summed E-state index contributed by atoms with van der Waals surface area (Å²) in [4.78, 5) is 25.2. The maximum absolute atomic E-state index is 10.8. The first-order chi connectivity index (χ1) is 8.59. The van der Waals surface area contributed by atoms with Crippen molar-refractivity contribution >= 4 is 11.9 Å². The molecule has 1 heterocycles. The molecule has 0 aromatic carbocycles. The molecular weight excluding hydrogens is 236 g/mol. The fourth-order valence-electron chi connectivity index (χ4n) is 1.52. The molecule has 0 radical (unpaired) electrons. The van der Waals surface area contributed by atoms with Crippen LogP contribution in [-0.4, -0.2) is 40.2 Å². The van der Waals surface area contributed by atoms with Gasteiger partial charge in [-0.15, -0.1) is 0 Å². The molecule has 0 spiro atoms. The number of nitrogens with zero attached hydrogens (tertiary/aromatic N) is 1. The van der Waals surface area contributed by atoms with E-state index in [-0.39, 0.29) is 13.0 Å². The number of carboxylic acid groups (broad SMARTS) is 2. The van der Waals surface area contributed by atoms with Crippen LogP contribution in [0.15, 0.2) is 24.5 Å².